The van der Waals surface area contributed by atoms with Gasteiger partial charge in [0.25, 0.3) is 5.91 Å². The van der Waals surface area contributed by atoms with Gasteiger partial charge in [-0.2, -0.15) is 0 Å². The molecule has 1 aromatic carbocycles. The minimum absolute atomic E-state index is 0.275. The van der Waals surface area contributed by atoms with E-state index in [4.69, 9.17) is 16.3 Å². The Kier molecular flexibility index (Phi) is 3.17. The molecule has 1 unspecified atom stereocenters. The van der Waals surface area contributed by atoms with Crippen LogP contribution in [-0.2, 0) is 9.53 Å². The van der Waals surface area contributed by atoms with Gasteiger partial charge in [0.15, 0.2) is 0 Å². The highest BCUT2D eigenvalue weighted by molar-refractivity contribution is 6.31. The second-order valence-electron chi connectivity index (χ2n) is 4.26. The van der Waals surface area contributed by atoms with Gasteiger partial charge < -0.3 is 14.5 Å². The van der Waals surface area contributed by atoms with Gasteiger partial charge in [0.1, 0.15) is 0 Å². The molecule has 0 radical (unpaired) electrons. The highest BCUT2D eigenvalue weighted by Crippen LogP contribution is 2.38. The lowest BCUT2D eigenvalue weighted by Gasteiger charge is -2.15. The molecule has 0 spiro atoms. The number of ether oxygens (including phenoxy) is 1. The van der Waals surface area contributed by atoms with Crippen molar-refractivity contribution >= 4 is 29.3 Å². The van der Waals surface area contributed by atoms with Crippen LogP contribution in [0, 0.1) is 0 Å². The Hall–Kier alpha value is -1.75. The summed E-state index contributed by atoms with van der Waals surface area (Å²) in [5.74, 6) is -0.275. The van der Waals surface area contributed by atoms with E-state index in [9.17, 15) is 9.59 Å². The maximum Gasteiger partial charge on any atom is 0.410 e. The summed E-state index contributed by atoms with van der Waals surface area (Å²) < 4.78 is 5.17. The maximum atomic E-state index is 12.0. The number of carbonyl (C=O) groups excluding carboxylic acids is 2. The first kappa shape index (κ1) is 12.7. The quantitative estimate of drug-likeness (QED) is 0.783. The van der Waals surface area contributed by atoms with Crippen molar-refractivity contribution in [2.24, 2.45) is 0 Å². The SMILES string of the molecule is CN(C)C(=O)OC1C(=O)N(C)c2ccc(Cl)cc21. The number of amides is 2. The second kappa shape index (κ2) is 4.49. The number of fused-ring (bicyclic) bond motifs is 1. The van der Waals surface area contributed by atoms with Crippen LogP contribution < -0.4 is 4.90 Å². The zero-order valence-electron chi connectivity index (χ0n) is 10.3. The minimum atomic E-state index is -0.918. The van der Waals surface area contributed by atoms with Crippen LogP contribution in [0.3, 0.4) is 0 Å². The van der Waals surface area contributed by atoms with Gasteiger partial charge >= 0.3 is 6.09 Å². The van der Waals surface area contributed by atoms with Crippen molar-refractivity contribution in [1.29, 1.82) is 0 Å². The van der Waals surface area contributed by atoms with Gasteiger partial charge in [-0.1, -0.05) is 11.6 Å². The zero-order chi connectivity index (χ0) is 13.4. The summed E-state index contributed by atoms with van der Waals surface area (Å²) in [7, 11) is 4.76. The van der Waals surface area contributed by atoms with Gasteiger partial charge in [0.05, 0.1) is 5.69 Å². The predicted molar refractivity (Wildman–Crippen MR) is 67.8 cm³/mol. The lowest BCUT2D eigenvalue weighted by atomic mass is 10.1. The smallest absolute Gasteiger partial charge is 0.410 e. The number of rotatable bonds is 1. The summed E-state index contributed by atoms with van der Waals surface area (Å²) in [4.78, 5) is 26.3. The highest BCUT2D eigenvalue weighted by Gasteiger charge is 2.38. The minimum Gasteiger partial charge on any atom is -0.431 e. The topological polar surface area (TPSA) is 49.9 Å². The normalized spacial score (nSPS) is 17.7. The van der Waals surface area contributed by atoms with Gasteiger partial charge in [-0.25, -0.2) is 4.79 Å². The van der Waals surface area contributed by atoms with E-state index in [0.717, 1.165) is 0 Å². The predicted octanol–water partition coefficient (Wildman–Crippen LogP) is 2.06. The van der Waals surface area contributed by atoms with Crippen LogP contribution in [0.1, 0.15) is 11.7 Å². The third kappa shape index (κ3) is 2.01. The van der Waals surface area contributed by atoms with Crippen molar-refractivity contribution in [3.63, 3.8) is 0 Å². The van der Waals surface area contributed by atoms with Crippen molar-refractivity contribution in [3.8, 4) is 0 Å². The molecule has 1 aromatic rings. The molecule has 1 aliphatic rings. The molecule has 0 bridgehead atoms. The molecule has 6 heteroatoms. The average molecular weight is 269 g/mol. The molecule has 2 rings (SSSR count). The van der Waals surface area contributed by atoms with E-state index in [1.165, 1.54) is 9.80 Å². The van der Waals surface area contributed by atoms with Gasteiger partial charge in [-0.05, 0) is 18.2 Å². The molecular weight excluding hydrogens is 256 g/mol. The Morgan fingerprint density at radius 2 is 2.11 bits per heavy atom. The van der Waals surface area contributed by atoms with Crippen molar-refractivity contribution in [2.75, 3.05) is 26.0 Å². The Labute approximate surface area is 110 Å². The first-order valence-corrected chi connectivity index (χ1v) is 5.74. The zero-order valence-corrected chi connectivity index (χ0v) is 11.1. The first-order chi connectivity index (χ1) is 8.41. The van der Waals surface area contributed by atoms with Crippen LogP contribution in [0.4, 0.5) is 10.5 Å². The summed E-state index contributed by atoms with van der Waals surface area (Å²) in [5.41, 5.74) is 1.33. The molecule has 18 heavy (non-hydrogen) atoms. The summed E-state index contributed by atoms with van der Waals surface area (Å²) in [6, 6.07) is 5.07. The van der Waals surface area contributed by atoms with E-state index >= 15 is 0 Å². The number of likely N-dealkylation sites (N-methyl/N-ethyl adjacent to an activating group) is 1. The van der Waals surface area contributed by atoms with Gasteiger partial charge in [-0.15, -0.1) is 0 Å². The molecule has 0 fully saturated rings. The molecule has 1 aliphatic heterocycles. The Bertz CT molecular complexity index is 516. The monoisotopic (exact) mass is 268 g/mol. The number of benzene rings is 1. The second-order valence-corrected chi connectivity index (χ2v) is 4.70. The fraction of sp³-hybridized carbons (Fsp3) is 0.333. The molecule has 1 atom stereocenters. The fourth-order valence-corrected chi connectivity index (χ4v) is 1.97. The van der Waals surface area contributed by atoms with E-state index in [-0.39, 0.29) is 5.91 Å². The van der Waals surface area contributed by atoms with E-state index in [2.05, 4.69) is 0 Å². The largest absolute Gasteiger partial charge is 0.431 e. The number of carbonyl (C=O) groups is 2. The van der Waals surface area contributed by atoms with Crippen LogP contribution >= 0.6 is 11.6 Å². The first-order valence-electron chi connectivity index (χ1n) is 5.36. The van der Waals surface area contributed by atoms with Crippen LogP contribution in [0.2, 0.25) is 5.02 Å². The van der Waals surface area contributed by atoms with Crippen LogP contribution in [0.15, 0.2) is 18.2 Å². The number of halogens is 1. The molecule has 1 heterocycles. The van der Waals surface area contributed by atoms with Crippen molar-refractivity contribution in [3.05, 3.63) is 28.8 Å². The van der Waals surface area contributed by atoms with Crippen LogP contribution in [-0.4, -0.2) is 38.0 Å². The molecule has 0 saturated carbocycles. The van der Waals surface area contributed by atoms with E-state index in [0.29, 0.717) is 16.3 Å². The Morgan fingerprint density at radius 3 is 2.72 bits per heavy atom. The summed E-state index contributed by atoms with van der Waals surface area (Å²) in [6.45, 7) is 0. The summed E-state index contributed by atoms with van der Waals surface area (Å²) in [5, 5.41) is 0.503. The lowest BCUT2D eigenvalue weighted by Crippen LogP contribution is -2.30. The van der Waals surface area contributed by atoms with Crippen molar-refractivity contribution in [1.82, 2.24) is 4.90 Å². The Morgan fingerprint density at radius 1 is 1.44 bits per heavy atom. The van der Waals surface area contributed by atoms with E-state index in [1.807, 2.05) is 0 Å². The molecule has 0 saturated heterocycles. The third-order valence-electron chi connectivity index (χ3n) is 2.77. The molecule has 2 amide bonds. The van der Waals surface area contributed by atoms with Crippen molar-refractivity contribution < 1.29 is 14.3 Å². The third-order valence-corrected chi connectivity index (χ3v) is 3.01. The highest BCUT2D eigenvalue weighted by atomic mass is 35.5. The number of hydrogen-bond donors (Lipinski definition) is 0. The van der Waals surface area contributed by atoms with Crippen LogP contribution in [0.25, 0.3) is 0 Å². The van der Waals surface area contributed by atoms with E-state index < -0.39 is 12.2 Å². The van der Waals surface area contributed by atoms with Gasteiger partial charge in [0, 0.05) is 31.7 Å². The molecule has 96 valence electrons. The van der Waals surface area contributed by atoms with Crippen LogP contribution in [0.5, 0.6) is 0 Å². The van der Waals surface area contributed by atoms with E-state index in [1.54, 1.807) is 39.3 Å². The molecule has 0 aromatic heterocycles. The molecular formula is C12H13ClN2O3. The summed E-state index contributed by atoms with van der Waals surface area (Å²) in [6.07, 6.45) is -1.48. The molecule has 0 N–H and O–H groups in total. The fourth-order valence-electron chi connectivity index (χ4n) is 1.79. The summed E-state index contributed by atoms with van der Waals surface area (Å²) >= 11 is 5.90. The average Bonchev–Trinajstić information content (AvgIpc) is 2.54. The molecule has 0 aliphatic carbocycles. The lowest BCUT2D eigenvalue weighted by molar-refractivity contribution is -0.126. The maximum absolute atomic E-state index is 12.0. The Balaban J connectivity index is 2.36. The van der Waals surface area contributed by atoms with Crippen molar-refractivity contribution in [2.45, 2.75) is 6.10 Å². The number of anilines is 1. The molecule has 5 nitrogen and oxygen atoms in total. The standard InChI is InChI=1S/C12H13ClN2O3/c1-14(2)12(17)18-10-8-6-7(13)4-5-9(8)15(3)11(10)16/h4-6,10H,1-3H3. The number of hydrogen-bond acceptors (Lipinski definition) is 3. The number of nitrogens with zero attached hydrogens (tertiary/aromatic N) is 2. The van der Waals surface area contributed by atoms with Gasteiger partial charge in [0.2, 0.25) is 6.10 Å². The van der Waals surface area contributed by atoms with Gasteiger partial charge in [-0.3, -0.25) is 4.79 Å².